The van der Waals surface area contributed by atoms with Crippen LogP contribution >= 0.6 is 0 Å². The molecule has 1 atom stereocenters. The molecule has 4 heteroatoms. The minimum atomic E-state index is -0.284. The van der Waals surface area contributed by atoms with Crippen LogP contribution < -0.4 is 10.2 Å². The second kappa shape index (κ2) is 5.57. The van der Waals surface area contributed by atoms with Crippen molar-refractivity contribution in [3.05, 3.63) is 90.1 Å². The molecule has 3 aromatic rings. The second-order valence-electron chi connectivity index (χ2n) is 5.37. The molecule has 1 N–H and O–H groups in total. The Kier molecular flexibility index (Phi) is 3.27. The van der Waals surface area contributed by atoms with Crippen molar-refractivity contribution in [3.63, 3.8) is 0 Å². The lowest BCUT2D eigenvalue weighted by atomic mass is 10.0. The zero-order valence-electron chi connectivity index (χ0n) is 12.4. The van der Waals surface area contributed by atoms with Crippen molar-refractivity contribution in [1.82, 2.24) is 4.98 Å². The Labute approximate surface area is 134 Å². The van der Waals surface area contributed by atoms with Gasteiger partial charge in [-0.2, -0.15) is 0 Å². The summed E-state index contributed by atoms with van der Waals surface area (Å²) in [5.74, 6) is 0.584. The summed E-state index contributed by atoms with van der Waals surface area (Å²) in [6.07, 6.45) is 1.42. The first-order valence-corrected chi connectivity index (χ1v) is 7.50. The van der Waals surface area contributed by atoms with Crippen molar-refractivity contribution in [1.29, 1.82) is 0 Å². The molecule has 0 spiro atoms. The Morgan fingerprint density at radius 1 is 0.870 bits per heavy atom. The molecule has 1 amide bonds. The predicted octanol–water partition coefficient (Wildman–Crippen LogP) is 3.85. The van der Waals surface area contributed by atoms with Crippen molar-refractivity contribution < 1.29 is 4.79 Å². The number of aromatic nitrogens is 1. The van der Waals surface area contributed by atoms with Crippen LogP contribution in [-0.2, 0) is 0 Å². The highest BCUT2D eigenvalue weighted by atomic mass is 16.2. The number of hydrogen-bond acceptors (Lipinski definition) is 3. The Balaban J connectivity index is 1.87. The van der Waals surface area contributed by atoms with Crippen LogP contribution in [0.2, 0.25) is 0 Å². The number of nitrogens with zero attached hydrogens (tertiary/aromatic N) is 2. The van der Waals surface area contributed by atoms with Crippen LogP contribution in [0.1, 0.15) is 22.1 Å². The van der Waals surface area contributed by atoms with E-state index in [9.17, 15) is 4.79 Å². The van der Waals surface area contributed by atoms with Gasteiger partial charge in [0.2, 0.25) is 0 Å². The molecule has 1 aromatic heterocycles. The van der Waals surface area contributed by atoms with Crippen molar-refractivity contribution in [2.45, 2.75) is 6.17 Å². The maximum Gasteiger partial charge on any atom is 0.263 e. The normalized spacial score (nSPS) is 16.6. The molecule has 2 aromatic carbocycles. The number of benzene rings is 2. The maximum absolute atomic E-state index is 13.0. The number of anilines is 2. The molecule has 2 heterocycles. The van der Waals surface area contributed by atoms with Gasteiger partial charge >= 0.3 is 0 Å². The van der Waals surface area contributed by atoms with Crippen LogP contribution in [0.15, 0.2) is 79.0 Å². The van der Waals surface area contributed by atoms with Gasteiger partial charge in [0, 0.05) is 11.9 Å². The molecule has 4 rings (SSSR count). The molecule has 112 valence electrons. The number of hydrogen-bond donors (Lipinski definition) is 1. The Morgan fingerprint density at radius 3 is 2.39 bits per heavy atom. The highest BCUT2D eigenvalue weighted by molar-refractivity contribution is 6.11. The van der Waals surface area contributed by atoms with Gasteiger partial charge in [0.1, 0.15) is 12.0 Å². The number of carbonyl (C=O) groups excluding carboxylic acids is 1. The van der Waals surface area contributed by atoms with Crippen molar-refractivity contribution >= 4 is 17.4 Å². The molecule has 0 bridgehead atoms. The molecule has 23 heavy (non-hydrogen) atoms. The van der Waals surface area contributed by atoms with E-state index < -0.39 is 0 Å². The lowest BCUT2D eigenvalue weighted by Gasteiger charge is -2.37. The fourth-order valence-electron chi connectivity index (χ4n) is 2.85. The largest absolute Gasteiger partial charge is 0.360 e. The average molecular weight is 301 g/mol. The van der Waals surface area contributed by atoms with Crippen LogP contribution in [0.4, 0.5) is 11.5 Å². The van der Waals surface area contributed by atoms with E-state index in [0.717, 1.165) is 11.3 Å². The number of pyridine rings is 1. The molecule has 0 aliphatic carbocycles. The second-order valence-corrected chi connectivity index (χ2v) is 5.37. The van der Waals surface area contributed by atoms with Gasteiger partial charge in [-0.05, 0) is 29.8 Å². The molecular weight excluding hydrogens is 286 g/mol. The standard InChI is InChI=1S/C19H15N3O/c23-19-15-10-4-5-11-16(15)21-18(14-8-2-1-3-9-14)22(19)17-12-6-7-13-20-17/h1-13,18,21H/t18-/m0/s1. The topological polar surface area (TPSA) is 45.2 Å². The van der Waals surface area contributed by atoms with E-state index in [0.29, 0.717) is 11.4 Å². The quantitative estimate of drug-likeness (QED) is 0.782. The monoisotopic (exact) mass is 301 g/mol. The van der Waals surface area contributed by atoms with Gasteiger partial charge in [-0.3, -0.25) is 9.69 Å². The van der Waals surface area contributed by atoms with Gasteiger partial charge in [0.25, 0.3) is 5.91 Å². The van der Waals surface area contributed by atoms with Crippen LogP contribution in [-0.4, -0.2) is 10.9 Å². The number of nitrogens with one attached hydrogen (secondary N) is 1. The molecule has 0 saturated heterocycles. The number of fused-ring (bicyclic) bond motifs is 1. The van der Waals surface area contributed by atoms with Crippen LogP contribution in [0, 0.1) is 0 Å². The van der Waals surface area contributed by atoms with Crippen molar-refractivity contribution in [3.8, 4) is 0 Å². The zero-order valence-corrected chi connectivity index (χ0v) is 12.4. The smallest absolute Gasteiger partial charge is 0.263 e. The summed E-state index contributed by atoms with van der Waals surface area (Å²) < 4.78 is 0. The molecule has 0 saturated carbocycles. The Morgan fingerprint density at radius 2 is 1.61 bits per heavy atom. The molecule has 0 radical (unpaired) electrons. The van der Waals surface area contributed by atoms with Crippen molar-refractivity contribution in [2.24, 2.45) is 0 Å². The summed E-state index contributed by atoms with van der Waals surface area (Å²) in [5.41, 5.74) is 2.52. The minimum absolute atomic E-state index is 0.0492. The predicted molar refractivity (Wildman–Crippen MR) is 90.3 cm³/mol. The van der Waals surface area contributed by atoms with E-state index in [4.69, 9.17) is 0 Å². The number of amides is 1. The summed E-state index contributed by atoms with van der Waals surface area (Å²) in [6, 6.07) is 23.1. The number of rotatable bonds is 2. The van der Waals surface area contributed by atoms with E-state index in [-0.39, 0.29) is 12.1 Å². The van der Waals surface area contributed by atoms with Crippen LogP contribution in [0.3, 0.4) is 0 Å². The van der Waals surface area contributed by atoms with Gasteiger partial charge < -0.3 is 5.32 Å². The molecule has 0 fully saturated rings. The van der Waals surface area contributed by atoms with Gasteiger partial charge in [-0.15, -0.1) is 0 Å². The summed E-state index contributed by atoms with van der Waals surface area (Å²) in [4.78, 5) is 19.1. The van der Waals surface area contributed by atoms with Gasteiger partial charge in [-0.1, -0.05) is 48.5 Å². The highest BCUT2D eigenvalue weighted by Crippen LogP contribution is 2.35. The molecule has 4 nitrogen and oxygen atoms in total. The van der Waals surface area contributed by atoms with E-state index in [1.54, 1.807) is 11.1 Å². The van der Waals surface area contributed by atoms with Gasteiger partial charge in [0.05, 0.1) is 5.56 Å². The summed E-state index contributed by atoms with van der Waals surface area (Å²) in [5, 5.41) is 3.46. The van der Waals surface area contributed by atoms with E-state index in [2.05, 4.69) is 10.3 Å². The maximum atomic E-state index is 13.0. The minimum Gasteiger partial charge on any atom is -0.360 e. The summed E-state index contributed by atoms with van der Waals surface area (Å²) in [6.45, 7) is 0. The Bertz CT molecular complexity index is 834. The first kappa shape index (κ1) is 13.5. The van der Waals surface area contributed by atoms with E-state index in [1.165, 1.54) is 0 Å². The van der Waals surface area contributed by atoms with Crippen LogP contribution in [0.25, 0.3) is 0 Å². The Hall–Kier alpha value is -3.14. The van der Waals surface area contributed by atoms with Crippen molar-refractivity contribution in [2.75, 3.05) is 10.2 Å². The highest BCUT2D eigenvalue weighted by Gasteiger charge is 2.34. The first-order chi connectivity index (χ1) is 11.3. The summed E-state index contributed by atoms with van der Waals surface area (Å²) in [7, 11) is 0. The van der Waals surface area contributed by atoms with Gasteiger partial charge in [-0.25, -0.2) is 4.98 Å². The lowest BCUT2D eigenvalue weighted by molar-refractivity contribution is 0.0974. The third-order valence-corrected chi connectivity index (χ3v) is 3.94. The molecular formula is C19H15N3O. The lowest BCUT2D eigenvalue weighted by Crippen LogP contribution is -2.43. The summed E-state index contributed by atoms with van der Waals surface area (Å²) >= 11 is 0. The number of para-hydroxylation sites is 1. The number of carbonyl (C=O) groups is 1. The molecule has 0 unspecified atom stereocenters. The fourth-order valence-corrected chi connectivity index (χ4v) is 2.85. The zero-order chi connectivity index (χ0) is 15.6. The first-order valence-electron chi connectivity index (χ1n) is 7.50. The third kappa shape index (κ3) is 2.34. The fraction of sp³-hybridized carbons (Fsp3) is 0.0526. The molecule has 1 aliphatic heterocycles. The third-order valence-electron chi connectivity index (χ3n) is 3.94. The van der Waals surface area contributed by atoms with E-state index in [1.807, 2.05) is 72.8 Å². The SMILES string of the molecule is O=C1c2ccccc2N[C@H](c2ccccc2)N1c1ccccn1. The van der Waals surface area contributed by atoms with E-state index >= 15 is 0 Å². The van der Waals surface area contributed by atoms with Crippen LogP contribution in [0.5, 0.6) is 0 Å². The molecule has 1 aliphatic rings. The average Bonchev–Trinajstić information content (AvgIpc) is 2.63. The van der Waals surface area contributed by atoms with Gasteiger partial charge in [0.15, 0.2) is 0 Å².